The molecule has 0 amide bonds. The zero-order valence-corrected chi connectivity index (χ0v) is 15.4. The third-order valence-corrected chi connectivity index (χ3v) is 4.29. The molecule has 0 spiro atoms. The van der Waals surface area contributed by atoms with E-state index in [0.717, 1.165) is 30.0 Å². The highest BCUT2D eigenvalue weighted by Crippen LogP contribution is 2.33. The number of benzene rings is 2. The molecule has 0 aliphatic heterocycles. The summed E-state index contributed by atoms with van der Waals surface area (Å²) in [5.41, 5.74) is -0.127. The molecule has 2 aromatic carbocycles. The molecule has 0 saturated carbocycles. The van der Waals surface area contributed by atoms with Crippen LogP contribution in [0.2, 0.25) is 0 Å². The number of anilines is 2. The first-order valence-corrected chi connectivity index (χ1v) is 8.69. The zero-order chi connectivity index (χ0) is 21.5. The molecule has 0 bridgehead atoms. The molecule has 0 aliphatic rings. The van der Waals surface area contributed by atoms with Crippen molar-refractivity contribution in [2.45, 2.75) is 13.1 Å². The average molecular weight is 415 g/mol. The summed E-state index contributed by atoms with van der Waals surface area (Å²) in [6, 6.07) is 9.35. The number of carbonyl (C=O) groups is 1. The highest BCUT2D eigenvalue weighted by atomic mass is 19.4. The van der Waals surface area contributed by atoms with Crippen LogP contribution in [-0.4, -0.2) is 25.9 Å². The molecule has 0 fully saturated rings. The van der Waals surface area contributed by atoms with Gasteiger partial charge in [0.05, 0.1) is 11.1 Å². The van der Waals surface area contributed by atoms with E-state index in [0.29, 0.717) is 5.82 Å². The number of carbonyl (C=O) groups excluding carboxylic acids is 1. The van der Waals surface area contributed by atoms with Crippen molar-refractivity contribution in [3.8, 4) is 0 Å². The number of hydrogen-bond donors (Lipinski definition) is 2. The van der Waals surface area contributed by atoms with Crippen LogP contribution in [0, 0.1) is 12.7 Å². The summed E-state index contributed by atoms with van der Waals surface area (Å²) in [7, 11) is 0. The fourth-order valence-electron chi connectivity index (χ4n) is 2.84. The van der Waals surface area contributed by atoms with E-state index < -0.39 is 23.3 Å². The van der Waals surface area contributed by atoms with Gasteiger partial charge >= 0.3 is 6.18 Å². The van der Waals surface area contributed by atoms with Crippen molar-refractivity contribution in [2.75, 3.05) is 5.32 Å². The molecule has 4 rings (SSSR count). The third-order valence-electron chi connectivity index (χ3n) is 4.29. The van der Waals surface area contributed by atoms with Crippen molar-refractivity contribution in [3.63, 3.8) is 0 Å². The molecule has 0 aliphatic carbocycles. The summed E-state index contributed by atoms with van der Waals surface area (Å²) in [5, 5.41) is 9.91. The highest BCUT2D eigenvalue weighted by molar-refractivity contribution is 6.08. The molecule has 2 N–H and O–H groups in total. The Morgan fingerprint density at radius 1 is 1.03 bits per heavy atom. The van der Waals surface area contributed by atoms with Crippen LogP contribution < -0.4 is 5.32 Å². The van der Waals surface area contributed by atoms with E-state index >= 15 is 0 Å². The summed E-state index contributed by atoms with van der Waals surface area (Å²) >= 11 is 0. The van der Waals surface area contributed by atoms with Crippen LogP contribution in [-0.2, 0) is 6.18 Å². The molecule has 0 saturated heterocycles. The molecule has 0 unspecified atom stereocenters. The highest BCUT2D eigenvalue weighted by Gasteiger charge is 2.31. The maximum absolute atomic E-state index is 13.2. The number of rotatable bonds is 4. The second kappa shape index (κ2) is 7.21. The van der Waals surface area contributed by atoms with E-state index in [1.54, 1.807) is 13.0 Å². The number of nitrogens with one attached hydrogen (secondary N) is 2. The van der Waals surface area contributed by atoms with Crippen LogP contribution in [0.3, 0.4) is 0 Å². The minimum absolute atomic E-state index is 0.0694. The number of ketones is 1. The lowest BCUT2D eigenvalue weighted by Gasteiger charge is -2.12. The van der Waals surface area contributed by atoms with Crippen molar-refractivity contribution >= 4 is 28.3 Å². The molecule has 0 atom stereocenters. The van der Waals surface area contributed by atoms with Crippen LogP contribution in [0.25, 0.3) is 10.9 Å². The van der Waals surface area contributed by atoms with Gasteiger partial charge in [0, 0.05) is 22.7 Å². The summed E-state index contributed by atoms with van der Waals surface area (Å²) < 4.78 is 52.6. The number of H-pyrrole nitrogens is 1. The fraction of sp³-hybridized carbons (Fsp3) is 0.100. The molecular weight excluding hydrogens is 402 g/mol. The Balaban J connectivity index is 1.86. The largest absolute Gasteiger partial charge is 0.416 e. The van der Waals surface area contributed by atoms with Crippen molar-refractivity contribution in [2.24, 2.45) is 0 Å². The molecule has 4 aromatic rings. The Kier molecular flexibility index (Phi) is 4.69. The van der Waals surface area contributed by atoms with Gasteiger partial charge in [0.15, 0.2) is 5.82 Å². The smallest absolute Gasteiger partial charge is 0.323 e. The van der Waals surface area contributed by atoms with Crippen LogP contribution in [0.5, 0.6) is 0 Å². The predicted octanol–water partition coefficient (Wildman–Crippen LogP) is 4.79. The number of aryl methyl sites for hydroxylation is 1. The minimum Gasteiger partial charge on any atom is -0.323 e. The summed E-state index contributed by atoms with van der Waals surface area (Å²) in [5.74, 6) is -1.03. The maximum Gasteiger partial charge on any atom is 0.416 e. The van der Waals surface area contributed by atoms with E-state index in [1.165, 1.54) is 18.2 Å². The number of nitrogens with zero attached hydrogens (tertiary/aromatic N) is 3. The van der Waals surface area contributed by atoms with Gasteiger partial charge < -0.3 is 5.32 Å². The molecule has 2 aromatic heterocycles. The number of aromatic amines is 1. The Morgan fingerprint density at radius 3 is 2.40 bits per heavy atom. The number of aromatic nitrogens is 4. The SMILES string of the molecule is Cc1cc(Nc2nc(C(=O)c3ccc(F)cc3)nc3cc(C(F)(F)F)ccc23)n[nH]1. The standard InChI is InChI=1S/C20H13F4N5O/c1-10-8-16(29-28-10)26-18-14-7-4-12(20(22,23)24)9-15(14)25-19(27-18)17(30)11-2-5-13(21)6-3-11/h2-9H,1H3,(H2,25,26,27,28,29). The number of fused-ring (bicyclic) bond motifs is 1. The Hall–Kier alpha value is -3.82. The maximum atomic E-state index is 13.2. The first-order chi connectivity index (χ1) is 14.2. The van der Waals surface area contributed by atoms with Gasteiger partial charge in [-0.15, -0.1) is 0 Å². The van der Waals surface area contributed by atoms with Crippen molar-refractivity contribution in [1.82, 2.24) is 20.2 Å². The number of halogens is 4. The van der Waals surface area contributed by atoms with Gasteiger partial charge in [-0.1, -0.05) is 0 Å². The lowest BCUT2D eigenvalue weighted by atomic mass is 10.1. The molecule has 10 heteroatoms. The summed E-state index contributed by atoms with van der Waals surface area (Å²) in [6.07, 6.45) is -4.58. The lowest BCUT2D eigenvalue weighted by Crippen LogP contribution is -2.11. The van der Waals surface area contributed by atoms with Gasteiger partial charge in [-0.2, -0.15) is 18.3 Å². The molecule has 2 heterocycles. The molecular formula is C20H13F4N5O. The van der Waals surface area contributed by atoms with Crippen LogP contribution in [0.15, 0.2) is 48.5 Å². The second-order valence-electron chi connectivity index (χ2n) is 6.52. The molecule has 6 nitrogen and oxygen atoms in total. The van der Waals surface area contributed by atoms with Crippen molar-refractivity contribution < 1.29 is 22.4 Å². The van der Waals surface area contributed by atoms with Gasteiger partial charge in [0.2, 0.25) is 11.6 Å². The Morgan fingerprint density at radius 2 is 1.77 bits per heavy atom. The average Bonchev–Trinajstić information content (AvgIpc) is 3.11. The van der Waals surface area contributed by atoms with Crippen LogP contribution >= 0.6 is 0 Å². The number of hydrogen-bond acceptors (Lipinski definition) is 5. The normalized spacial score (nSPS) is 11.6. The first kappa shape index (κ1) is 19.5. The lowest BCUT2D eigenvalue weighted by molar-refractivity contribution is -0.137. The van der Waals surface area contributed by atoms with Crippen LogP contribution in [0.1, 0.15) is 27.4 Å². The Bertz CT molecular complexity index is 1250. The number of alkyl halides is 3. The Labute approximate surface area is 167 Å². The van der Waals surface area contributed by atoms with E-state index in [2.05, 4.69) is 25.5 Å². The molecule has 0 radical (unpaired) electrons. The predicted molar refractivity (Wildman–Crippen MR) is 101 cm³/mol. The monoisotopic (exact) mass is 415 g/mol. The van der Waals surface area contributed by atoms with Gasteiger partial charge in [0.25, 0.3) is 0 Å². The van der Waals surface area contributed by atoms with Gasteiger partial charge in [-0.3, -0.25) is 9.89 Å². The second-order valence-corrected chi connectivity index (χ2v) is 6.52. The van der Waals surface area contributed by atoms with E-state index in [-0.39, 0.29) is 28.1 Å². The molecule has 152 valence electrons. The van der Waals surface area contributed by atoms with Gasteiger partial charge in [-0.25, -0.2) is 14.4 Å². The summed E-state index contributed by atoms with van der Waals surface area (Å²) in [4.78, 5) is 21.0. The van der Waals surface area contributed by atoms with E-state index in [9.17, 15) is 22.4 Å². The third kappa shape index (κ3) is 3.84. The minimum atomic E-state index is -4.58. The van der Waals surface area contributed by atoms with Crippen molar-refractivity contribution in [3.05, 3.63) is 77.0 Å². The summed E-state index contributed by atoms with van der Waals surface area (Å²) in [6.45, 7) is 1.77. The molecule has 30 heavy (non-hydrogen) atoms. The first-order valence-electron chi connectivity index (χ1n) is 8.69. The van der Waals surface area contributed by atoms with E-state index in [1.807, 2.05) is 0 Å². The van der Waals surface area contributed by atoms with Gasteiger partial charge in [0.1, 0.15) is 11.6 Å². The fourth-order valence-corrected chi connectivity index (χ4v) is 2.84. The van der Waals surface area contributed by atoms with Crippen molar-refractivity contribution in [1.29, 1.82) is 0 Å². The zero-order valence-electron chi connectivity index (χ0n) is 15.4. The van der Waals surface area contributed by atoms with Crippen LogP contribution in [0.4, 0.5) is 29.2 Å². The topological polar surface area (TPSA) is 83.6 Å². The van der Waals surface area contributed by atoms with E-state index in [4.69, 9.17) is 0 Å². The van der Waals surface area contributed by atoms with Gasteiger partial charge in [-0.05, 0) is 49.4 Å². The quantitative estimate of drug-likeness (QED) is 0.370.